The molecule has 0 aliphatic heterocycles. The first-order valence-electron chi connectivity index (χ1n) is 9.66. The van der Waals surface area contributed by atoms with E-state index < -0.39 is 5.91 Å². The Balaban J connectivity index is 1.74. The number of furan rings is 1. The van der Waals surface area contributed by atoms with Gasteiger partial charge >= 0.3 is 0 Å². The summed E-state index contributed by atoms with van der Waals surface area (Å²) < 4.78 is 30.3. The Kier molecular flexibility index (Phi) is 7.44. The zero-order valence-corrected chi connectivity index (χ0v) is 16.9. The third kappa shape index (κ3) is 5.97. The van der Waals surface area contributed by atoms with Crippen molar-refractivity contribution in [2.45, 2.75) is 20.1 Å². The number of hydrogen-bond donors (Lipinski definition) is 1. The maximum atomic E-state index is 13.8. The maximum absolute atomic E-state index is 13.8. The van der Waals surface area contributed by atoms with Gasteiger partial charge in [0, 0.05) is 5.56 Å². The van der Waals surface area contributed by atoms with E-state index in [9.17, 15) is 14.4 Å². The highest BCUT2D eigenvalue weighted by atomic mass is 19.1. The van der Waals surface area contributed by atoms with Crippen LogP contribution in [0.4, 0.5) is 4.39 Å². The lowest BCUT2D eigenvalue weighted by molar-refractivity contribution is -0.117. The molecule has 0 aliphatic carbocycles. The lowest BCUT2D eigenvalue weighted by Crippen LogP contribution is -2.23. The molecule has 0 radical (unpaired) electrons. The van der Waals surface area contributed by atoms with Crippen LogP contribution in [0.1, 0.15) is 23.8 Å². The highest BCUT2D eigenvalue weighted by Gasteiger charge is 2.12. The van der Waals surface area contributed by atoms with E-state index in [-0.39, 0.29) is 24.5 Å². The Hall–Kier alpha value is -4.05. The number of nitriles is 1. The quantitative estimate of drug-likeness (QED) is 0.403. The number of carbonyl (C=O) groups excluding carboxylic acids is 1. The molecular formula is C24H21FN2O4. The Bertz CT molecular complexity index is 1100. The minimum atomic E-state index is -0.517. The van der Waals surface area contributed by atoms with Gasteiger partial charge in [-0.2, -0.15) is 5.26 Å². The molecule has 2 aromatic carbocycles. The zero-order valence-electron chi connectivity index (χ0n) is 16.9. The van der Waals surface area contributed by atoms with Gasteiger partial charge in [0.1, 0.15) is 29.8 Å². The van der Waals surface area contributed by atoms with Gasteiger partial charge in [0.15, 0.2) is 11.5 Å². The standard InChI is InChI=1S/C24H21FN2O4/c1-2-29-23-13-17(9-10-22(23)31-16-18-6-3-4-8-21(18)25)12-19(14-26)24(28)27-15-20-7-5-11-30-20/h3-13H,2,15-16H2,1H3,(H,27,28)/b19-12+. The number of nitrogens with one attached hydrogen (secondary N) is 1. The van der Waals surface area contributed by atoms with Crippen molar-refractivity contribution >= 4 is 12.0 Å². The second-order valence-corrected chi connectivity index (χ2v) is 6.45. The van der Waals surface area contributed by atoms with Gasteiger partial charge in [-0.25, -0.2) is 4.39 Å². The number of hydrogen-bond acceptors (Lipinski definition) is 5. The van der Waals surface area contributed by atoms with Crippen molar-refractivity contribution < 1.29 is 23.1 Å². The molecule has 0 fully saturated rings. The third-order valence-corrected chi connectivity index (χ3v) is 4.29. The summed E-state index contributed by atoms with van der Waals surface area (Å²) in [6.07, 6.45) is 2.97. The van der Waals surface area contributed by atoms with Gasteiger partial charge in [0.25, 0.3) is 5.91 Å². The summed E-state index contributed by atoms with van der Waals surface area (Å²) in [6, 6.07) is 16.7. The predicted molar refractivity (Wildman–Crippen MR) is 112 cm³/mol. The minimum absolute atomic E-state index is 0.0422. The van der Waals surface area contributed by atoms with Crippen molar-refractivity contribution in [2.75, 3.05) is 6.61 Å². The molecule has 0 aliphatic rings. The monoisotopic (exact) mass is 420 g/mol. The first-order chi connectivity index (χ1) is 15.1. The highest BCUT2D eigenvalue weighted by Crippen LogP contribution is 2.30. The van der Waals surface area contributed by atoms with E-state index in [0.29, 0.717) is 35.0 Å². The molecule has 158 valence electrons. The van der Waals surface area contributed by atoms with Crippen LogP contribution >= 0.6 is 0 Å². The van der Waals surface area contributed by atoms with Crippen LogP contribution in [0.3, 0.4) is 0 Å². The topological polar surface area (TPSA) is 84.5 Å². The smallest absolute Gasteiger partial charge is 0.262 e. The normalized spacial score (nSPS) is 10.9. The predicted octanol–water partition coefficient (Wildman–Crippen LogP) is 4.62. The highest BCUT2D eigenvalue weighted by molar-refractivity contribution is 6.01. The number of halogens is 1. The van der Waals surface area contributed by atoms with Crippen LogP contribution in [0.25, 0.3) is 6.08 Å². The van der Waals surface area contributed by atoms with Crippen molar-refractivity contribution in [1.29, 1.82) is 5.26 Å². The molecule has 0 unspecified atom stereocenters. The van der Waals surface area contributed by atoms with E-state index in [1.165, 1.54) is 18.4 Å². The average molecular weight is 420 g/mol. The Labute approximate surface area is 179 Å². The number of ether oxygens (including phenoxy) is 2. The van der Waals surface area contributed by atoms with E-state index in [0.717, 1.165) is 0 Å². The van der Waals surface area contributed by atoms with Crippen LogP contribution in [-0.4, -0.2) is 12.5 Å². The number of benzene rings is 2. The first-order valence-corrected chi connectivity index (χ1v) is 9.66. The fourth-order valence-electron chi connectivity index (χ4n) is 2.76. The Morgan fingerprint density at radius 3 is 2.71 bits per heavy atom. The van der Waals surface area contributed by atoms with Crippen LogP contribution in [-0.2, 0) is 17.9 Å². The fraction of sp³-hybridized carbons (Fsp3) is 0.167. The van der Waals surface area contributed by atoms with Crippen LogP contribution in [0.5, 0.6) is 11.5 Å². The molecule has 31 heavy (non-hydrogen) atoms. The molecule has 3 aromatic rings. The molecule has 1 amide bonds. The third-order valence-electron chi connectivity index (χ3n) is 4.29. The molecule has 3 rings (SSSR count). The number of rotatable bonds is 9. The summed E-state index contributed by atoms with van der Waals surface area (Å²) in [5.41, 5.74) is 0.953. The summed E-state index contributed by atoms with van der Waals surface area (Å²) in [5.74, 6) is 0.584. The Morgan fingerprint density at radius 2 is 2.00 bits per heavy atom. The van der Waals surface area contributed by atoms with Gasteiger partial charge < -0.3 is 19.2 Å². The largest absolute Gasteiger partial charge is 0.490 e. The van der Waals surface area contributed by atoms with Gasteiger partial charge in [-0.1, -0.05) is 24.3 Å². The Morgan fingerprint density at radius 1 is 1.16 bits per heavy atom. The molecule has 0 bridgehead atoms. The summed E-state index contributed by atoms with van der Waals surface area (Å²) in [7, 11) is 0. The van der Waals surface area contributed by atoms with Gasteiger partial charge in [0.2, 0.25) is 0 Å². The minimum Gasteiger partial charge on any atom is -0.490 e. The van der Waals surface area contributed by atoms with Crippen LogP contribution in [0.2, 0.25) is 0 Å². The second-order valence-electron chi connectivity index (χ2n) is 6.45. The summed E-state index contributed by atoms with van der Waals surface area (Å²) in [5, 5.41) is 12.0. The van der Waals surface area contributed by atoms with Gasteiger partial charge in [-0.05, 0) is 48.9 Å². The van der Waals surface area contributed by atoms with E-state index in [1.54, 1.807) is 48.5 Å². The molecule has 0 atom stereocenters. The first kappa shape index (κ1) is 21.7. The molecule has 0 saturated heterocycles. The van der Waals surface area contributed by atoms with E-state index in [2.05, 4.69) is 5.32 Å². The lowest BCUT2D eigenvalue weighted by atomic mass is 10.1. The number of nitrogens with zero attached hydrogens (tertiary/aromatic N) is 1. The lowest BCUT2D eigenvalue weighted by Gasteiger charge is -2.13. The average Bonchev–Trinajstić information content (AvgIpc) is 3.30. The number of amides is 1. The maximum Gasteiger partial charge on any atom is 0.262 e. The van der Waals surface area contributed by atoms with Crippen molar-refractivity contribution in [3.05, 3.63) is 89.1 Å². The van der Waals surface area contributed by atoms with Crippen molar-refractivity contribution in [3.63, 3.8) is 0 Å². The van der Waals surface area contributed by atoms with Crippen LogP contribution in [0.15, 0.2) is 70.9 Å². The van der Waals surface area contributed by atoms with E-state index in [1.807, 2.05) is 13.0 Å². The van der Waals surface area contributed by atoms with Crippen molar-refractivity contribution in [3.8, 4) is 17.6 Å². The number of carbonyl (C=O) groups is 1. The van der Waals surface area contributed by atoms with Crippen LogP contribution < -0.4 is 14.8 Å². The zero-order chi connectivity index (χ0) is 22.1. The second kappa shape index (κ2) is 10.6. The molecule has 0 saturated carbocycles. The molecular weight excluding hydrogens is 399 g/mol. The molecule has 1 N–H and O–H groups in total. The van der Waals surface area contributed by atoms with Gasteiger partial charge in [-0.3, -0.25) is 4.79 Å². The van der Waals surface area contributed by atoms with Crippen molar-refractivity contribution in [2.24, 2.45) is 0 Å². The summed E-state index contributed by atoms with van der Waals surface area (Å²) in [6.45, 7) is 2.43. The van der Waals surface area contributed by atoms with Gasteiger partial charge in [-0.15, -0.1) is 0 Å². The molecule has 7 heteroatoms. The molecule has 0 spiro atoms. The fourth-order valence-corrected chi connectivity index (χ4v) is 2.76. The van der Waals surface area contributed by atoms with Crippen molar-refractivity contribution in [1.82, 2.24) is 5.32 Å². The van der Waals surface area contributed by atoms with Gasteiger partial charge in [0.05, 0.1) is 19.4 Å². The molecule has 1 heterocycles. The van der Waals surface area contributed by atoms with E-state index in [4.69, 9.17) is 13.9 Å². The molecule has 1 aromatic heterocycles. The molecule has 6 nitrogen and oxygen atoms in total. The SMILES string of the molecule is CCOc1cc(/C=C(\C#N)C(=O)NCc2ccco2)ccc1OCc1ccccc1F. The summed E-state index contributed by atoms with van der Waals surface area (Å²) >= 11 is 0. The van der Waals surface area contributed by atoms with E-state index >= 15 is 0 Å². The van der Waals surface area contributed by atoms with Crippen LogP contribution in [0, 0.1) is 17.1 Å². The summed E-state index contributed by atoms with van der Waals surface area (Å²) in [4.78, 5) is 12.3.